The summed E-state index contributed by atoms with van der Waals surface area (Å²) in [6.07, 6.45) is 4.89. The highest BCUT2D eigenvalue weighted by Gasteiger charge is 2.29. The smallest absolute Gasteiger partial charge is 0.306 e. The Morgan fingerprint density at radius 3 is 2.41 bits per heavy atom. The molecule has 39 heavy (non-hydrogen) atoms. The first-order chi connectivity index (χ1) is 18.8. The van der Waals surface area contributed by atoms with Crippen molar-refractivity contribution in [1.82, 2.24) is 4.90 Å². The average molecular weight is 564 g/mol. The summed E-state index contributed by atoms with van der Waals surface area (Å²) in [5.74, 6) is 0.853. The molecular formula is C31H30FNO4S2. The molecule has 0 aromatic heterocycles. The fourth-order valence-corrected chi connectivity index (χ4v) is 7.38. The molecule has 2 aliphatic heterocycles. The second-order valence-electron chi connectivity index (χ2n) is 10.2. The number of piperidine rings is 1. The van der Waals surface area contributed by atoms with Crippen molar-refractivity contribution in [3.05, 3.63) is 89.7 Å². The Bertz CT molecular complexity index is 1620. The SMILES string of the molecule is CS(=O)(=O)Oc1ccc2c3c(ccc2c1)-c1ccc(F)cc1SC3c1ccc(OCCN2CCCCC2)cc1. The van der Waals surface area contributed by atoms with Gasteiger partial charge in [-0.15, -0.1) is 11.8 Å². The Morgan fingerprint density at radius 2 is 1.64 bits per heavy atom. The molecule has 0 bridgehead atoms. The number of hydrogen-bond acceptors (Lipinski definition) is 6. The molecule has 0 N–H and O–H groups in total. The third kappa shape index (κ3) is 5.78. The van der Waals surface area contributed by atoms with Crippen LogP contribution in [0, 0.1) is 5.82 Å². The average Bonchev–Trinajstić information content (AvgIpc) is 2.92. The summed E-state index contributed by atoms with van der Waals surface area (Å²) in [5.41, 5.74) is 4.23. The van der Waals surface area contributed by atoms with E-state index in [0.717, 1.165) is 69.6 Å². The molecule has 1 fully saturated rings. The lowest BCUT2D eigenvalue weighted by Gasteiger charge is -2.29. The quantitative estimate of drug-likeness (QED) is 0.225. The first kappa shape index (κ1) is 26.2. The van der Waals surface area contributed by atoms with Crippen molar-refractivity contribution in [2.24, 2.45) is 0 Å². The summed E-state index contributed by atoms with van der Waals surface area (Å²) >= 11 is 1.62. The van der Waals surface area contributed by atoms with Gasteiger partial charge in [-0.3, -0.25) is 4.90 Å². The van der Waals surface area contributed by atoms with Crippen molar-refractivity contribution >= 4 is 32.7 Å². The number of ether oxygens (including phenoxy) is 1. The molecule has 6 rings (SSSR count). The van der Waals surface area contributed by atoms with Crippen LogP contribution in [-0.4, -0.2) is 45.8 Å². The van der Waals surface area contributed by atoms with Crippen LogP contribution >= 0.6 is 11.8 Å². The van der Waals surface area contributed by atoms with E-state index in [4.69, 9.17) is 8.92 Å². The first-order valence-electron chi connectivity index (χ1n) is 13.2. The summed E-state index contributed by atoms with van der Waals surface area (Å²) in [6.45, 7) is 3.90. The van der Waals surface area contributed by atoms with Crippen molar-refractivity contribution in [3.63, 3.8) is 0 Å². The number of nitrogens with zero attached hydrogens (tertiary/aromatic N) is 1. The standard InChI is InChI=1S/C31H30FNO4S2/c1-39(34,35)37-25-11-14-26-22(19-25)7-12-28-27-13-8-23(32)20-29(27)38-31(30(26)28)21-5-9-24(10-6-21)36-18-17-33-15-3-2-4-16-33/h5-14,19-20,31H,2-4,15-18H2,1H3. The Balaban J connectivity index is 1.33. The maximum absolute atomic E-state index is 14.2. The van der Waals surface area contributed by atoms with E-state index >= 15 is 0 Å². The lowest BCUT2D eigenvalue weighted by atomic mass is 9.89. The van der Waals surface area contributed by atoms with Gasteiger partial charge in [0.15, 0.2) is 0 Å². The van der Waals surface area contributed by atoms with Crippen LogP contribution in [0.3, 0.4) is 0 Å². The summed E-state index contributed by atoms with van der Waals surface area (Å²) < 4.78 is 48.8. The van der Waals surface area contributed by atoms with Crippen molar-refractivity contribution in [3.8, 4) is 22.6 Å². The molecule has 2 heterocycles. The minimum absolute atomic E-state index is 0.0814. The third-order valence-electron chi connectivity index (χ3n) is 7.33. The number of benzene rings is 4. The topological polar surface area (TPSA) is 55.8 Å². The second kappa shape index (κ2) is 10.8. The van der Waals surface area contributed by atoms with E-state index < -0.39 is 10.1 Å². The minimum Gasteiger partial charge on any atom is -0.492 e. The fourth-order valence-electron chi connectivity index (χ4n) is 5.53. The van der Waals surface area contributed by atoms with Gasteiger partial charge in [-0.25, -0.2) is 4.39 Å². The maximum atomic E-state index is 14.2. The van der Waals surface area contributed by atoms with Crippen LogP contribution in [0.15, 0.2) is 77.7 Å². The third-order valence-corrected chi connectivity index (χ3v) is 9.16. The summed E-state index contributed by atoms with van der Waals surface area (Å²) in [5, 5.41) is 1.80. The van der Waals surface area contributed by atoms with Crippen LogP contribution in [0.2, 0.25) is 0 Å². The van der Waals surface area contributed by atoms with Crippen LogP contribution in [0.1, 0.15) is 35.6 Å². The Morgan fingerprint density at radius 1 is 0.897 bits per heavy atom. The van der Waals surface area contributed by atoms with E-state index in [0.29, 0.717) is 6.61 Å². The molecule has 4 aromatic carbocycles. The lowest BCUT2D eigenvalue weighted by Crippen LogP contribution is -2.33. The molecule has 4 aromatic rings. The van der Waals surface area contributed by atoms with Gasteiger partial charge in [-0.05, 0) is 95.4 Å². The second-order valence-corrected chi connectivity index (χ2v) is 12.9. The number of thioether (sulfide) groups is 1. The molecule has 0 radical (unpaired) electrons. The van der Waals surface area contributed by atoms with E-state index in [9.17, 15) is 12.8 Å². The number of fused-ring (bicyclic) bond motifs is 5. The summed E-state index contributed by atoms with van der Waals surface area (Å²) in [6, 6.07) is 22.5. The van der Waals surface area contributed by atoms with Crippen molar-refractivity contribution in [2.45, 2.75) is 29.4 Å². The van der Waals surface area contributed by atoms with Gasteiger partial charge in [0.2, 0.25) is 0 Å². The lowest BCUT2D eigenvalue weighted by molar-refractivity contribution is 0.183. The highest BCUT2D eigenvalue weighted by atomic mass is 32.2. The molecule has 5 nitrogen and oxygen atoms in total. The Kier molecular flexibility index (Phi) is 7.27. The van der Waals surface area contributed by atoms with Gasteiger partial charge in [-0.2, -0.15) is 8.42 Å². The van der Waals surface area contributed by atoms with E-state index in [-0.39, 0.29) is 16.8 Å². The molecule has 1 atom stereocenters. The maximum Gasteiger partial charge on any atom is 0.306 e. The zero-order chi connectivity index (χ0) is 27.0. The summed E-state index contributed by atoms with van der Waals surface area (Å²) in [4.78, 5) is 3.35. The minimum atomic E-state index is -3.63. The first-order valence-corrected chi connectivity index (χ1v) is 15.9. The number of rotatable bonds is 7. The molecule has 0 saturated carbocycles. The largest absolute Gasteiger partial charge is 0.492 e. The predicted octanol–water partition coefficient (Wildman–Crippen LogP) is 7.04. The monoisotopic (exact) mass is 563 g/mol. The van der Waals surface area contributed by atoms with E-state index in [1.807, 2.05) is 36.4 Å². The van der Waals surface area contributed by atoms with Crippen molar-refractivity contribution in [2.75, 3.05) is 32.5 Å². The van der Waals surface area contributed by atoms with Crippen molar-refractivity contribution < 1.29 is 21.7 Å². The Hall–Kier alpha value is -3.07. The van der Waals surface area contributed by atoms with Crippen LogP contribution in [0.25, 0.3) is 21.9 Å². The van der Waals surface area contributed by atoms with Gasteiger partial charge in [0.1, 0.15) is 23.9 Å². The molecule has 0 spiro atoms. The van der Waals surface area contributed by atoms with Gasteiger partial charge in [0, 0.05) is 11.4 Å². The molecule has 1 saturated heterocycles. The molecular weight excluding hydrogens is 533 g/mol. The normalized spacial score (nSPS) is 17.4. The van der Waals surface area contributed by atoms with Crippen LogP contribution in [0.5, 0.6) is 11.5 Å². The zero-order valence-corrected chi connectivity index (χ0v) is 23.4. The number of hydrogen-bond donors (Lipinski definition) is 0. The van der Waals surface area contributed by atoms with Gasteiger partial charge >= 0.3 is 10.1 Å². The van der Waals surface area contributed by atoms with E-state index in [1.165, 1.54) is 25.3 Å². The molecule has 2 aliphatic rings. The predicted molar refractivity (Wildman–Crippen MR) is 155 cm³/mol. The van der Waals surface area contributed by atoms with Crippen molar-refractivity contribution in [1.29, 1.82) is 0 Å². The number of halogens is 1. The zero-order valence-electron chi connectivity index (χ0n) is 21.7. The van der Waals surface area contributed by atoms with Crippen LogP contribution < -0.4 is 8.92 Å². The Labute approximate surface area is 233 Å². The highest BCUT2D eigenvalue weighted by Crippen LogP contribution is 2.54. The van der Waals surface area contributed by atoms with E-state index in [2.05, 4.69) is 17.0 Å². The molecule has 202 valence electrons. The molecule has 1 unspecified atom stereocenters. The molecule has 0 aliphatic carbocycles. The van der Waals surface area contributed by atoms with Gasteiger partial charge in [0.25, 0.3) is 0 Å². The van der Waals surface area contributed by atoms with E-state index in [1.54, 1.807) is 30.0 Å². The summed E-state index contributed by atoms with van der Waals surface area (Å²) in [7, 11) is -3.63. The van der Waals surface area contributed by atoms with Gasteiger partial charge < -0.3 is 8.92 Å². The van der Waals surface area contributed by atoms with Gasteiger partial charge in [0.05, 0.1) is 11.5 Å². The van der Waals surface area contributed by atoms with Crippen LogP contribution in [-0.2, 0) is 10.1 Å². The molecule has 8 heteroatoms. The highest BCUT2D eigenvalue weighted by molar-refractivity contribution is 8.00. The van der Waals surface area contributed by atoms with Crippen LogP contribution in [0.4, 0.5) is 4.39 Å². The van der Waals surface area contributed by atoms with Gasteiger partial charge in [-0.1, -0.05) is 42.8 Å². The fraction of sp³-hybridized carbons (Fsp3) is 0.290. The molecule has 0 amide bonds. The number of likely N-dealkylation sites (tertiary alicyclic amines) is 1.